The molecule has 0 amide bonds. The Labute approximate surface area is 125 Å². The molecule has 2 aromatic carbocycles. The average molecular weight is 284 g/mol. The van der Waals surface area contributed by atoms with Gasteiger partial charge in [-0.25, -0.2) is 4.79 Å². The van der Waals surface area contributed by atoms with E-state index in [-0.39, 0.29) is 12.6 Å². The van der Waals surface area contributed by atoms with E-state index < -0.39 is 0 Å². The molecule has 0 spiro atoms. The van der Waals surface area contributed by atoms with Crippen molar-refractivity contribution in [3.63, 3.8) is 0 Å². The van der Waals surface area contributed by atoms with Gasteiger partial charge in [0.2, 0.25) is 0 Å². The van der Waals surface area contributed by atoms with Crippen molar-refractivity contribution in [1.82, 2.24) is 0 Å². The average Bonchev–Trinajstić information content (AvgIpc) is 2.48. The standard InChI is InChI=1S/C18H20O3/c1-13-8-9-15(14(2)10-13)11-16-6-4-5-7-17(16)21-12-18(19)20-3/h4-10H,11-12H2,1-3H3. The van der Waals surface area contributed by atoms with Gasteiger partial charge in [-0.3, -0.25) is 0 Å². The Bertz CT molecular complexity index is 632. The summed E-state index contributed by atoms with van der Waals surface area (Å²) in [6.07, 6.45) is 0.781. The van der Waals surface area contributed by atoms with E-state index in [1.165, 1.54) is 23.8 Å². The number of hydrogen-bond donors (Lipinski definition) is 0. The van der Waals surface area contributed by atoms with E-state index in [2.05, 4.69) is 36.8 Å². The number of esters is 1. The van der Waals surface area contributed by atoms with Crippen LogP contribution in [0.2, 0.25) is 0 Å². The molecule has 0 radical (unpaired) electrons. The van der Waals surface area contributed by atoms with Crippen LogP contribution in [0.25, 0.3) is 0 Å². The molecule has 21 heavy (non-hydrogen) atoms. The number of benzene rings is 2. The molecule has 0 aliphatic heterocycles. The van der Waals surface area contributed by atoms with E-state index in [4.69, 9.17) is 4.74 Å². The number of methoxy groups -OCH3 is 1. The van der Waals surface area contributed by atoms with Gasteiger partial charge in [0.15, 0.2) is 6.61 Å². The van der Waals surface area contributed by atoms with Crippen molar-refractivity contribution in [2.75, 3.05) is 13.7 Å². The molecular weight excluding hydrogens is 264 g/mol. The first-order valence-corrected chi connectivity index (χ1v) is 6.94. The SMILES string of the molecule is COC(=O)COc1ccccc1Cc1ccc(C)cc1C. The van der Waals surface area contributed by atoms with Gasteiger partial charge in [-0.05, 0) is 36.6 Å². The van der Waals surface area contributed by atoms with E-state index >= 15 is 0 Å². The first-order valence-electron chi connectivity index (χ1n) is 6.94. The van der Waals surface area contributed by atoms with E-state index in [1.54, 1.807) is 0 Å². The minimum Gasteiger partial charge on any atom is -0.482 e. The number of ether oxygens (including phenoxy) is 2. The van der Waals surface area contributed by atoms with Gasteiger partial charge in [-0.1, -0.05) is 42.0 Å². The summed E-state index contributed by atoms with van der Waals surface area (Å²) in [6.45, 7) is 4.13. The van der Waals surface area contributed by atoms with Crippen molar-refractivity contribution < 1.29 is 14.3 Å². The molecule has 0 saturated heterocycles. The van der Waals surface area contributed by atoms with Gasteiger partial charge in [0.1, 0.15) is 5.75 Å². The lowest BCUT2D eigenvalue weighted by atomic mass is 9.98. The highest BCUT2D eigenvalue weighted by Gasteiger charge is 2.08. The summed E-state index contributed by atoms with van der Waals surface area (Å²) in [5, 5.41) is 0. The van der Waals surface area contributed by atoms with Gasteiger partial charge < -0.3 is 9.47 Å². The molecular formula is C18H20O3. The van der Waals surface area contributed by atoms with Crippen LogP contribution in [-0.4, -0.2) is 19.7 Å². The van der Waals surface area contributed by atoms with E-state index in [0.717, 1.165) is 17.7 Å². The lowest BCUT2D eigenvalue weighted by Crippen LogP contribution is -2.13. The topological polar surface area (TPSA) is 35.5 Å². The highest BCUT2D eigenvalue weighted by Crippen LogP contribution is 2.23. The summed E-state index contributed by atoms with van der Waals surface area (Å²) in [5.74, 6) is 0.346. The Morgan fingerprint density at radius 3 is 2.52 bits per heavy atom. The van der Waals surface area contributed by atoms with Crippen LogP contribution in [0.15, 0.2) is 42.5 Å². The maximum atomic E-state index is 11.2. The molecule has 3 heteroatoms. The molecule has 2 aromatic rings. The minimum atomic E-state index is -0.378. The second-order valence-corrected chi connectivity index (χ2v) is 5.08. The van der Waals surface area contributed by atoms with Crippen molar-refractivity contribution >= 4 is 5.97 Å². The Morgan fingerprint density at radius 1 is 1.05 bits per heavy atom. The summed E-state index contributed by atoms with van der Waals surface area (Å²) >= 11 is 0. The van der Waals surface area contributed by atoms with Crippen LogP contribution in [0.5, 0.6) is 5.75 Å². The number of carbonyl (C=O) groups excluding carboxylic acids is 1. The molecule has 0 fully saturated rings. The van der Waals surface area contributed by atoms with Crippen molar-refractivity contribution in [3.05, 3.63) is 64.7 Å². The first-order chi connectivity index (χ1) is 10.1. The smallest absolute Gasteiger partial charge is 0.343 e. The van der Waals surface area contributed by atoms with Crippen molar-refractivity contribution in [2.45, 2.75) is 20.3 Å². The predicted octanol–water partition coefficient (Wildman–Crippen LogP) is 3.45. The highest BCUT2D eigenvalue weighted by atomic mass is 16.6. The third kappa shape index (κ3) is 4.09. The lowest BCUT2D eigenvalue weighted by Gasteiger charge is -2.12. The Morgan fingerprint density at radius 2 is 1.81 bits per heavy atom. The van der Waals surface area contributed by atoms with Crippen LogP contribution in [0.3, 0.4) is 0 Å². The largest absolute Gasteiger partial charge is 0.482 e. The number of para-hydroxylation sites is 1. The van der Waals surface area contributed by atoms with Gasteiger partial charge in [0, 0.05) is 6.42 Å². The Kier molecular flexibility index (Phi) is 4.99. The molecule has 0 bridgehead atoms. The van der Waals surface area contributed by atoms with Gasteiger partial charge in [0.05, 0.1) is 7.11 Å². The molecule has 0 atom stereocenters. The maximum Gasteiger partial charge on any atom is 0.343 e. The Balaban J connectivity index is 2.18. The molecule has 110 valence electrons. The third-order valence-corrected chi connectivity index (χ3v) is 3.42. The second kappa shape index (κ2) is 6.93. The highest BCUT2D eigenvalue weighted by molar-refractivity contribution is 5.70. The normalized spacial score (nSPS) is 10.2. The van der Waals surface area contributed by atoms with Gasteiger partial charge in [-0.15, -0.1) is 0 Å². The zero-order valence-corrected chi connectivity index (χ0v) is 12.7. The van der Waals surface area contributed by atoms with E-state index in [9.17, 15) is 4.79 Å². The lowest BCUT2D eigenvalue weighted by molar-refractivity contribution is -0.142. The quantitative estimate of drug-likeness (QED) is 0.789. The van der Waals surface area contributed by atoms with Crippen LogP contribution >= 0.6 is 0 Å². The van der Waals surface area contributed by atoms with Crippen LogP contribution in [0, 0.1) is 13.8 Å². The summed E-state index contributed by atoms with van der Waals surface area (Å²) in [4.78, 5) is 11.2. The zero-order valence-electron chi connectivity index (χ0n) is 12.7. The summed E-state index contributed by atoms with van der Waals surface area (Å²) < 4.78 is 10.1. The van der Waals surface area contributed by atoms with Crippen molar-refractivity contribution in [1.29, 1.82) is 0 Å². The summed E-state index contributed by atoms with van der Waals surface area (Å²) in [5.41, 5.74) is 4.84. The van der Waals surface area contributed by atoms with Gasteiger partial charge in [0.25, 0.3) is 0 Å². The third-order valence-electron chi connectivity index (χ3n) is 3.42. The van der Waals surface area contributed by atoms with Crippen LogP contribution < -0.4 is 4.74 Å². The maximum absolute atomic E-state index is 11.2. The van der Waals surface area contributed by atoms with Crippen LogP contribution in [-0.2, 0) is 16.0 Å². The number of rotatable bonds is 5. The Hall–Kier alpha value is -2.29. The monoisotopic (exact) mass is 284 g/mol. The molecule has 0 unspecified atom stereocenters. The number of carbonyl (C=O) groups is 1. The molecule has 0 N–H and O–H groups in total. The second-order valence-electron chi connectivity index (χ2n) is 5.08. The molecule has 0 aliphatic carbocycles. The predicted molar refractivity (Wildman–Crippen MR) is 82.7 cm³/mol. The summed E-state index contributed by atoms with van der Waals surface area (Å²) in [7, 11) is 1.35. The molecule has 0 heterocycles. The van der Waals surface area contributed by atoms with E-state index in [1.807, 2.05) is 24.3 Å². The van der Waals surface area contributed by atoms with Crippen LogP contribution in [0.4, 0.5) is 0 Å². The van der Waals surface area contributed by atoms with Crippen LogP contribution in [0.1, 0.15) is 22.3 Å². The van der Waals surface area contributed by atoms with Crippen molar-refractivity contribution in [3.8, 4) is 5.75 Å². The van der Waals surface area contributed by atoms with Gasteiger partial charge in [-0.2, -0.15) is 0 Å². The number of hydrogen-bond acceptors (Lipinski definition) is 3. The fourth-order valence-corrected chi connectivity index (χ4v) is 2.24. The molecule has 0 aromatic heterocycles. The number of aryl methyl sites for hydroxylation is 2. The van der Waals surface area contributed by atoms with Crippen molar-refractivity contribution in [2.24, 2.45) is 0 Å². The van der Waals surface area contributed by atoms with E-state index in [0.29, 0.717) is 0 Å². The zero-order chi connectivity index (χ0) is 15.2. The minimum absolute atomic E-state index is 0.0691. The fourth-order valence-electron chi connectivity index (χ4n) is 2.24. The molecule has 3 nitrogen and oxygen atoms in total. The van der Waals surface area contributed by atoms with Gasteiger partial charge >= 0.3 is 5.97 Å². The summed E-state index contributed by atoms with van der Waals surface area (Å²) in [6, 6.07) is 14.2. The molecule has 2 rings (SSSR count). The molecule has 0 saturated carbocycles. The molecule has 0 aliphatic rings. The fraction of sp³-hybridized carbons (Fsp3) is 0.278. The first kappa shape index (κ1) is 15.1.